The van der Waals surface area contributed by atoms with E-state index in [1.165, 1.54) is 13.2 Å². The maximum Gasteiger partial charge on any atom is 0.331 e. The molecular weight excluding hydrogens is 302 g/mol. The molecule has 0 bridgehead atoms. The first-order valence-electron chi connectivity index (χ1n) is 7.47. The van der Waals surface area contributed by atoms with Crippen LogP contribution in [0.25, 0.3) is 6.08 Å². The number of nitro groups is 1. The van der Waals surface area contributed by atoms with Gasteiger partial charge in [-0.3, -0.25) is 10.1 Å². The fourth-order valence-corrected chi connectivity index (χ4v) is 3.02. The number of methoxy groups -OCH3 is 1. The third-order valence-electron chi connectivity index (χ3n) is 4.23. The molecule has 3 rings (SSSR count). The van der Waals surface area contributed by atoms with E-state index < -0.39 is 10.7 Å². The van der Waals surface area contributed by atoms with E-state index in [0.717, 1.165) is 12.8 Å². The van der Waals surface area contributed by atoms with Gasteiger partial charge in [0.1, 0.15) is 5.82 Å². The van der Waals surface area contributed by atoms with Crippen molar-refractivity contribution in [2.24, 2.45) is 0 Å². The van der Waals surface area contributed by atoms with Crippen molar-refractivity contribution in [3.8, 4) is 5.88 Å². The molecule has 2 fully saturated rings. The quantitative estimate of drug-likeness (QED) is 0.619. The molecule has 0 N–H and O–H groups in total. The molecule has 23 heavy (non-hydrogen) atoms. The first-order chi connectivity index (χ1) is 11.1. The van der Waals surface area contributed by atoms with E-state index in [-0.39, 0.29) is 11.6 Å². The molecule has 1 aromatic heterocycles. The van der Waals surface area contributed by atoms with E-state index in [4.69, 9.17) is 14.2 Å². The third-order valence-corrected chi connectivity index (χ3v) is 4.23. The van der Waals surface area contributed by atoms with Crippen molar-refractivity contribution in [3.05, 3.63) is 28.3 Å². The summed E-state index contributed by atoms with van der Waals surface area (Å²) in [6.45, 7) is 6.37. The normalized spacial score (nSPS) is 19.8. The maximum absolute atomic E-state index is 11.1. The summed E-state index contributed by atoms with van der Waals surface area (Å²) in [6, 6.07) is 1.45. The van der Waals surface area contributed by atoms with Crippen LogP contribution in [0.1, 0.15) is 18.4 Å². The Kier molecular flexibility index (Phi) is 4.18. The number of hydrogen-bond donors (Lipinski definition) is 0. The average molecular weight is 321 g/mol. The summed E-state index contributed by atoms with van der Waals surface area (Å²) in [6.07, 6.45) is 3.02. The van der Waals surface area contributed by atoms with Gasteiger partial charge in [-0.25, -0.2) is 0 Å². The number of anilines is 1. The Morgan fingerprint density at radius 2 is 2.09 bits per heavy atom. The van der Waals surface area contributed by atoms with Crippen LogP contribution in [0.2, 0.25) is 0 Å². The molecule has 3 heterocycles. The minimum absolute atomic E-state index is 0.00394. The molecular formula is C15H19N3O5. The van der Waals surface area contributed by atoms with Crippen LogP contribution in [-0.2, 0) is 9.47 Å². The van der Waals surface area contributed by atoms with Crippen molar-refractivity contribution in [2.45, 2.75) is 18.6 Å². The lowest BCUT2D eigenvalue weighted by Crippen LogP contribution is -2.45. The van der Waals surface area contributed by atoms with Crippen LogP contribution in [0.15, 0.2) is 12.6 Å². The fourth-order valence-electron chi connectivity index (χ4n) is 3.02. The van der Waals surface area contributed by atoms with Crippen molar-refractivity contribution in [1.29, 1.82) is 0 Å². The lowest BCUT2D eigenvalue weighted by Gasteiger charge is -2.38. The van der Waals surface area contributed by atoms with E-state index in [1.54, 1.807) is 6.08 Å². The zero-order valence-electron chi connectivity index (χ0n) is 13.0. The molecule has 8 nitrogen and oxygen atoms in total. The van der Waals surface area contributed by atoms with Gasteiger partial charge < -0.3 is 19.1 Å². The largest absolute Gasteiger partial charge is 0.476 e. The fraction of sp³-hybridized carbons (Fsp3) is 0.533. The van der Waals surface area contributed by atoms with E-state index >= 15 is 0 Å². The van der Waals surface area contributed by atoms with Crippen molar-refractivity contribution in [1.82, 2.24) is 4.98 Å². The molecule has 2 aliphatic rings. The first-order valence-corrected chi connectivity index (χ1v) is 7.47. The number of aromatic nitrogens is 1. The Balaban J connectivity index is 1.87. The molecule has 0 saturated carbocycles. The second-order valence-electron chi connectivity index (χ2n) is 5.49. The van der Waals surface area contributed by atoms with Gasteiger partial charge in [0.15, 0.2) is 5.79 Å². The van der Waals surface area contributed by atoms with Crippen LogP contribution in [0.3, 0.4) is 0 Å². The molecule has 124 valence electrons. The summed E-state index contributed by atoms with van der Waals surface area (Å²) in [5.74, 6) is 0.162. The lowest BCUT2D eigenvalue weighted by atomic mass is 10.0. The highest BCUT2D eigenvalue weighted by molar-refractivity contribution is 5.68. The highest BCUT2D eigenvalue weighted by Crippen LogP contribution is 2.36. The number of piperidine rings is 1. The topological polar surface area (TPSA) is 87.0 Å². The Morgan fingerprint density at radius 1 is 1.43 bits per heavy atom. The molecule has 8 heteroatoms. The van der Waals surface area contributed by atoms with E-state index in [2.05, 4.69) is 16.5 Å². The van der Waals surface area contributed by atoms with Gasteiger partial charge in [-0.2, -0.15) is 4.98 Å². The monoisotopic (exact) mass is 321 g/mol. The van der Waals surface area contributed by atoms with Gasteiger partial charge in [0.2, 0.25) is 0 Å². The second kappa shape index (κ2) is 6.13. The predicted molar refractivity (Wildman–Crippen MR) is 83.6 cm³/mol. The zero-order valence-corrected chi connectivity index (χ0v) is 13.0. The Hall–Kier alpha value is -2.19. The summed E-state index contributed by atoms with van der Waals surface area (Å²) in [7, 11) is 1.37. The summed E-state index contributed by atoms with van der Waals surface area (Å²) in [5, 5.41) is 11.1. The minimum Gasteiger partial charge on any atom is -0.476 e. The Bertz CT molecular complexity index is 618. The summed E-state index contributed by atoms with van der Waals surface area (Å²) in [5.41, 5.74) is 0.448. The summed E-state index contributed by atoms with van der Waals surface area (Å²) < 4.78 is 16.5. The smallest absolute Gasteiger partial charge is 0.331 e. The SMILES string of the molecule is C=Cc1cc([N+](=O)[O-])c(OC)nc1N1CCC2(CC1)OCCO2. The zero-order chi connectivity index (χ0) is 16.4. The molecule has 2 aliphatic heterocycles. The maximum atomic E-state index is 11.1. The van der Waals surface area contributed by atoms with Gasteiger partial charge in [0.05, 0.1) is 25.2 Å². The average Bonchev–Trinajstić information content (AvgIpc) is 3.02. The number of pyridine rings is 1. The van der Waals surface area contributed by atoms with Crippen LogP contribution >= 0.6 is 0 Å². The highest BCUT2D eigenvalue weighted by atomic mass is 16.7. The van der Waals surface area contributed by atoms with Crippen LogP contribution < -0.4 is 9.64 Å². The third kappa shape index (κ3) is 2.87. The number of rotatable bonds is 4. The lowest BCUT2D eigenvalue weighted by molar-refractivity contribution is -0.386. The Morgan fingerprint density at radius 3 is 2.61 bits per heavy atom. The molecule has 0 unspecified atom stereocenters. The standard InChI is InChI=1S/C15H19N3O5/c1-3-11-10-12(18(19)20)14(21-2)16-13(11)17-6-4-15(5-7-17)22-8-9-23-15/h3,10H,1,4-9H2,2H3. The molecule has 0 amide bonds. The second-order valence-corrected chi connectivity index (χ2v) is 5.49. The molecule has 0 aromatic carbocycles. The van der Waals surface area contributed by atoms with Gasteiger partial charge in [-0.15, -0.1) is 0 Å². The molecule has 0 radical (unpaired) electrons. The van der Waals surface area contributed by atoms with Crippen LogP contribution in [0, 0.1) is 10.1 Å². The van der Waals surface area contributed by atoms with Crippen molar-refractivity contribution in [3.63, 3.8) is 0 Å². The predicted octanol–water partition coefficient (Wildman–Crippen LogP) is 1.98. The van der Waals surface area contributed by atoms with Gasteiger partial charge in [0.25, 0.3) is 5.88 Å². The van der Waals surface area contributed by atoms with Crippen LogP contribution in [0.4, 0.5) is 11.5 Å². The van der Waals surface area contributed by atoms with E-state index in [9.17, 15) is 10.1 Å². The van der Waals surface area contributed by atoms with Gasteiger partial charge >= 0.3 is 5.69 Å². The van der Waals surface area contributed by atoms with Gasteiger partial charge in [0, 0.05) is 37.6 Å². The summed E-state index contributed by atoms with van der Waals surface area (Å²) in [4.78, 5) is 17.0. The van der Waals surface area contributed by atoms with Crippen LogP contribution in [0.5, 0.6) is 5.88 Å². The van der Waals surface area contributed by atoms with E-state index in [1.807, 2.05) is 0 Å². The van der Waals surface area contributed by atoms with Gasteiger partial charge in [-0.05, 0) is 0 Å². The van der Waals surface area contributed by atoms with Gasteiger partial charge in [-0.1, -0.05) is 12.7 Å². The number of ether oxygens (including phenoxy) is 3. The van der Waals surface area contributed by atoms with Crippen LogP contribution in [-0.4, -0.2) is 49.1 Å². The van der Waals surface area contributed by atoms with Crippen molar-refractivity contribution in [2.75, 3.05) is 38.3 Å². The highest BCUT2D eigenvalue weighted by Gasteiger charge is 2.40. The molecule has 1 aromatic rings. The van der Waals surface area contributed by atoms with Crippen molar-refractivity contribution >= 4 is 17.6 Å². The van der Waals surface area contributed by atoms with Crippen molar-refractivity contribution < 1.29 is 19.1 Å². The molecule has 1 spiro atoms. The number of hydrogen-bond acceptors (Lipinski definition) is 7. The summed E-state index contributed by atoms with van der Waals surface area (Å²) >= 11 is 0. The molecule has 2 saturated heterocycles. The minimum atomic E-state index is -0.506. The molecule has 0 atom stereocenters. The molecule has 0 aliphatic carbocycles. The first kappa shape index (κ1) is 15.7. The Labute approximate surface area is 133 Å². The number of nitrogens with zero attached hydrogens (tertiary/aromatic N) is 3. The van der Waals surface area contributed by atoms with E-state index in [0.29, 0.717) is 37.7 Å².